The molecule has 2 unspecified atom stereocenters. The van der Waals surface area contributed by atoms with Crippen LogP contribution in [0.4, 0.5) is 0 Å². The van der Waals surface area contributed by atoms with Crippen molar-refractivity contribution in [2.75, 3.05) is 47.5 Å². The molecule has 0 spiro atoms. The Labute approximate surface area is 344 Å². The summed E-state index contributed by atoms with van der Waals surface area (Å²) in [6.07, 6.45) is 39.3. The number of esters is 2. The first kappa shape index (κ1) is 53.8. The monoisotopic (exact) mass is 794 g/mol. The van der Waals surface area contributed by atoms with Crippen LogP contribution in [0.5, 0.6) is 0 Å². The van der Waals surface area contributed by atoms with Crippen LogP contribution in [0.2, 0.25) is 0 Å². The average molecular weight is 794 g/mol. The van der Waals surface area contributed by atoms with Gasteiger partial charge in [-0.15, -0.1) is 0 Å². The highest BCUT2D eigenvalue weighted by Gasteiger charge is 2.21. The Morgan fingerprint density at radius 3 is 1.39 bits per heavy atom. The molecule has 0 N–H and O–H groups in total. The van der Waals surface area contributed by atoms with Crippen molar-refractivity contribution in [3.05, 3.63) is 24.3 Å². The summed E-state index contributed by atoms with van der Waals surface area (Å²) in [5.74, 6) is -2.30. The Morgan fingerprint density at radius 2 is 0.946 bits per heavy atom. The van der Waals surface area contributed by atoms with Gasteiger partial charge in [0.25, 0.3) is 0 Å². The zero-order chi connectivity index (χ0) is 41.4. The molecule has 0 fully saturated rings. The molecule has 9 nitrogen and oxygen atoms in total. The summed E-state index contributed by atoms with van der Waals surface area (Å²) >= 11 is 0. The van der Waals surface area contributed by atoms with E-state index in [1.165, 1.54) is 103 Å². The van der Waals surface area contributed by atoms with Crippen molar-refractivity contribution in [2.45, 2.75) is 212 Å². The van der Waals surface area contributed by atoms with Crippen molar-refractivity contribution in [1.29, 1.82) is 0 Å². The van der Waals surface area contributed by atoms with E-state index in [0.29, 0.717) is 17.4 Å². The fourth-order valence-electron chi connectivity index (χ4n) is 6.30. The maximum Gasteiger partial charge on any atom is 0.306 e. The molecule has 0 rings (SSSR count). The van der Waals surface area contributed by atoms with Gasteiger partial charge in [-0.25, -0.2) is 0 Å². The lowest BCUT2D eigenvalue weighted by atomic mass is 10.1. The molecular weight excluding hydrogens is 707 g/mol. The van der Waals surface area contributed by atoms with Gasteiger partial charge < -0.3 is 33.3 Å². The molecule has 0 aromatic heterocycles. The van der Waals surface area contributed by atoms with Crippen molar-refractivity contribution in [1.82, 2.24) is 0 Å². The van der Waals surface area contributed by atoms with E-state index in [4.69, 9.17) is 18.9 Å². The molecule has 328 valence electrons. The van der Waals surface area contributed by atoms with Crippen molar-refractivity contribution in [3.63, 3.8) is 0 Å². The molecular formula is C47H87NO8. The summed E-state index contributed by atoms with van der Waals surface area (Å²) in [7, 11) is 5.90. The molecule has 0 saturated heterocycles. The third kappa shape index (κ3) is 40.0. The van der Waals surface area contributed by atoms with Gasteiger partial charge in [0.1, 0.15) is 13.2 Å². The minimum atomic E-state index is -1.62. The molecule has 0 aliphatic carbocycles. The normalized spacial score (nSPS) is 13.1. The van der Waals surface area contributed by atoms with Gasteiger partial charge in [0.2, 0.25) is 0 Å². The zero-order valence-electron chi connectivity index (χ0n) is 37.0. The van der Waals surface area contributed by atoms with Crippen LogP contribution in [0.3, 0.4) is 0 Å². The summed E-state index contributed by atoms with van der Waals surface area (Å²) in [4.78, 5) is 36.9. The van der Waals surface area contributed by atoms with E-state index in [1.54, 1.807) is 0 Å². The van der Waals surface area contributed by atoms with Crippen LogP contribution >= 0.6 is 0 Å². The Kier molecular flexibility index (Phi) is 38.0. The SMILES string of the molecule is CCC/C=C\CCCCCCCC(=O)OCC(COC(OCC[N+](C)(C)C)C(=O)[O-])OC(=O)CCCCCCCCCCC/C=C\CCCCCCCCCC. The molecule has 0 aromatic carbocycles. The molecule has 9 heteroatoms. The van der Waals surface area contributed by atoms with Gasteiger partial charge in [-0.1, -0.05) is 154 Å². The summed E-state index contributed by atoms with van der Waals surface area (Å²) < 4.78 is 22.5. The first-order chi connectivity index (χ1) is 27.1. The number of rotatable bonds is 42. The topological polar surface area (TPSA) is 111 Å². The quantitative estimate of drug-likeness (QED) is 0.0197. The highest BCUT2D eigenvalue weighted by atomic mass is 16.7. The first-order valence-electron chi connectivity index (χ1n) is 23.0. The van der Waals surface area contributed by atoms with Gasteiger partial charge >= 0.3 is 11.9 Å². The summed E-state index contributed by atoms with van der Waals surface area (Å²) in [6.45, 7) is 4.67. The maximum absolute atomic E-state index is 12.7. The fourth-order valence-corrected chi connectivity index (χ4v) is 6.30. The number of carboxylic acids is 1. The molecule has 56 heavy (non-hydrogen) atoms. The number of ether oxygens (including phenoxy) is 4. The predicted molar refractivity (Wildman–Crippen MR) is 228 cm³/mol. The standard InChI is InChI=1S/C47H87NO8/c1-6-8-10-12-14-16-18-19-20-21-22-23-24-25-26-27-28-30-32-34-36-38-45(50)56-43(42-55-47(46(51)52)53-40-39-48(3,4)5)41-54-44(49)37-35-33-31-29-17-15-13-11-9-7-2/h11,13,21-22,43,47H,6-10,12,14-20,23-42H2,1-5H3/b13-11-,22-21-. The zero-order valence-corrected chi connectivity index (χ0v) is 37.0. The van der Waals surface area contributed by atoms with Gasteiger partial charge in [-0.05, 0) is 57.8 Å². The van der Waals surface area contributed by atoms with Crippen molar-refractivity contribution in [3.8, 4) is 0 Å². The van der Waals surface area contributed by atoms with Crippen LogP contribution in [0.25, 0.3) is 0 Å². The Balaban J connectivity index is 4.33. The molecule has 0 aliphatic heterocycles. The molecule has 0 aliphatic rings. The second-order valence-electron chi connectivity index (χ2n) is 16.7. The minimum absolute atomic E-state index is 0.147. The Hall–Kier alpha value is -2.23. The van der Waals surface area contributed by atoms with Gasteiger partial charge in [-0.2, -0.15) is 0 Å². The van der Waals surface area contributed by atoms with E-state index in [0.717, 1.165) is 64.2 Å². The second-order valence-corrected chi connectivity index (χ2v) is 16.7. The number of quaternary nitrogens is 1. The van der Waals surface area contributed by atoms with E-state index >= 15 is 0 Å². The van der Waals surface area contributed by atoms with E-state index in [1.807, 2.05) is 21.1 Å². The molecule has 0 saturated carbocycles. The van der Waals surface area contributed by atoms with Crippen molar-refractivity contribution < 1.29 is 42.9 Å². The van der Waals surface area contributed by atoms with E-state index in [2.05, 4.69) is 38.2 Å². The van der Waals surface area contributed by atoms with Crippen LogP contribution in [0.1, 0.15) is 200 Å². The van der Waals surface area contributed by atoms with Crippen LogP contribution < -0.4 is 5.11 Å². The van der Waals surface area contributed by atoms with Crippen LogP contribution in [-0.2, 0) is 33.3 Å². The van der Waals surface area contributed by atoms with E-state index < -0.39 is 24.3 Å². The maximum atomic E-state index is 12.7. The number of carbonyl (C=O) groups excluding carboxylic acids is 3. The summed E-state index contributed by atoms with van der Waals surface area (Å²) in [6, 6.07) is 0. The molecule has 0 aromatic rings. The number of nitrogens with zero attached hydrogens (tertiary/aromatic N) is 1. The highest BCUT2D eigenvalue weighted by Crippen LogP contribution is 2.14. The number of allylic oxidation sites excluding steroid dienone is 4. The van der Waals surface area contributed by atoms with E-state index in [-0.39, 0.29) is 38.6 Å². The summed E-state index contributed by atoms with van der Waals surface area (Å²) in [5, 5.41) is 11.7. The van der Waals surface area contributed by atoms with Crippen LogP contribution in [-0.4, -0.2) is 82.3 Å². The Morgan fingerprint density at radius 1 is 0.518 bits per heavy atom. The molecule has 0 bridgehead atoms. The molecule has 2 atom stereocenters. The van der Waals surface area contributed by atoms with Gasteiger partial charge in [0.05, 0.1) is 40.3 Å². The van der Waals surface area contributed by atoms with Gasteiger partial charge in [-0.3, -0.25) is 9.59 Å². The van der Waals surface area contributed by atoms with Gasteiger partial charge in [0.15, 0.2) is 12.4 Å². The largest absolute Gasteiger partial charge is 0.545 e. The molecule has 0 heterocycles. The number of hydrogen-bond donors (Lipinski definition) is 0. The van der Waals surface area contributed by atoms with Crippen LogP contribution in [0.15, 0.2) is 24.3 Å². The smallest absolute Gasteiger partial charge is 0.306 e. The minimum Gasteiger partial charge on any atom is -0.545 e. The lowest BCUT2D eigenvalue weighted by Crippen LogP contribution is -2.44. The van der Waals surface area contributed by atoms with E-state index in [9.17, 15) is 19.5 Å². The number of hydrogen-bond acceptors (Lipinski definition) is 8. The lowest BCUT2D eigenvalue weighted by Gasteiger charge is -2.26. The third-order valence-electron chi connectivity index (χ3n) is 9.90. The predicted octanol–water partition coefficient (Wildman–Crippen LogP) is 10.7. The van der Waals surface area contributed by atoms with Crippen molar-refractivity contribution in [2.24, 2.45) is 0 Å². The van der Waals surface area contributed by atoms with Crippen LogP contribution in [0, 0.1) is 0 Å². The number of aliphatic carboxylic acids is 1. The lowest BCUT2D eigenvalue weighted by molar-refractivity contribution is -0.870. The van der Waals surface area contributed by atoms with Gasteiger partial charge in [0, 0.05) is 12.8 Å². The Bertz CT molecular complexity index is 976. The number of likely N-dealkylation sites (N-methyl/N-ethyl adjacent to an activating group) is 1. The highest BCUT2D eigenvalue weighted by molar-refractivity contribution is 5.70. The van der Waals surface area contributed by atoms with Crippen molar-refractivity contribution >= 4 is 17.9 Å². The third-order valence-corrected chi connectivity index (χ3v) is 9.90. The first-order valence-corrected chi connectivity index (χ1v) is 23.0. The fraction of sp³-hybridized carbons (Fsp3) is 0.851. The number of unbranched alkanes of at least 4 members (excludes halogenated alkanes) is 23. The summed E-state index contributed by atoms with van der Waals surface area (Å²) in [5.41, 5.74) is 0. The molecule has 0 radical (unpaired) electrons. The number of carboxylic acid groups (broad SMARTS) is 1. The average Bonchev–Trinajstić information content (AvgIpc) is 3.15. The molecule has 0 amide bonds. The second kappa shape index (κ2) is 39.6. The number of carbonyl (C=O) groups is 3.